The lowest BCUT2D eigenvalue weighted by molar-refractivity contribution is 0.00578. The molecule has 0 saturated carbocycles. The van der Waals surface area contributed by atoms with E-state index in [2.05, 4.69) is 4.98 Å². The third-order valence-corrected chi connectivity index (χ3v) is 5.91. The molecule has 0 aromatic carbocycles. The summed E-state index contributed by atoms with van der Waals surface area (Å²) in [6.07, 6.45) is 0. The van der Waals surface area contributed by atoms with Gasteiger partial charge in [0.05, 0.1) is 33.6 Å². The van der Waals surface area contributed by atoms with Gasteiger partial charge in [0.2, 0.25) is 0 Å². The second-order valence-corrected chi connectivity index (χ2v) is 8.76. The maximum Gasteiger partial charge on any atom is 0.515 e. The van der Waals surface area contributed by atoms with Gasteiger partial charge >= 0.3 is 14.2 Å². The van der Waals surface area contributed by atoms with Crippen molar-refractivity contribution in [2.75, 3.05) is 0 Å². The maximum absolute atomic E-state index is 14.5. The minimum atomic E-state index is -1.04. The first-order valence-electron chi connectivity index (χ1n) is 8.46. The molecule has 0 bridgehead atoms. The summed E-state index contributed by atoms with van der Waals surface area (Å²) in [6, 6.07) is 0. The molecule has 9 heteroatoms. The number of aromatic amines is 1. The lowest BCUT2D eigenvalue weighted by atomic mass is 9.84. The molecule has 0 amide bonds. The van der Waals surface area contributed by atoms with E-state index in [1.165, 1.54) is 0 Å². The number of rotatable bonds is 2. The Kier molecular flexibility index (Phi) is 4.01. The molecule has 5 nitrogen and oxygen atoms in total. The second kappa shape index (κ2) is 5.31. The number of nitrogens with one attached hydrogen (secondary N) is 1. The largest absolute Gasteiger partial charge is 0.515 e. The van der Waals surface area contributed by atoms with Crippen molar-refractivity contribution in [3.8, 4) is 0 Å². The summed E-state index contributed by atoms with van der Waals surface area (Å²) in [5.41, 5.74) is -2.82. The van der Waals surface area contributed by atoms with Gasteiger partial charge in [-0.2, -0.15) is 0 Å². The Morgan fingerprint density at radius 3 is 1.08 bits per heavy atom. The Hall–Kier alpha value is -0.890. The van der Waals surface area contributed by atoms with E-state index in [-0.39, 0.29) is 11.2 Å². The zero-order valence-corrected chi connectivity index (χ0v) is 16.0. The van der Waals surface area contributed by atoms with Crippen LogP contribution in [0.5, 0.6) is 0 Å². The first kappa shape index (κ1) is 18.9. The van der Waals surface area contributed by atoms with Crippen LogP contribution in [-0.4, -0.2) is 41.6 Å². The monoisotopic (exact) mass is 355 g/mol. The topological polar surface area (TPSA) is 52.7 Å². The van der Waals surface area contributed by atoms with Gasteiger partial charge in [0.1, 0.15) is 0 Å². The Balaban J connectivity index is 1.93. The molecular formula is C16H25B2F2NO4. The van der Waals surface area contributed by atoms with Gasteiger partial charge in [0, 0.05) is 0 Å². The van der Waals surface area contributed by atoms with Crippen molar-refractivity contribution in [3.63, 3.8) is 0 Å². The van der Waals surface area contributed by atoms with Crippen molar-refractivity contribution in [1.82, 2.24) is 4.98 Å². The maximum atomic E-state index is 14.5. The van der Waals surface area contributed by atoms with E-state index in [0.717, 1.165) is 0 Å². The van der Waals surface area contributed by atoms with E-state index in [1.807, 2.05) is 55.4 Å². The van der Waals surface area contributed by atoms with E-state index in [4.69, 9.17) is 18.6 Å². The summed E-state index contributed by atoms with van der Waals surface area (Å²) < 4.78 is 52.3. The summed E-state index contributed by atoms with van der Waals surface area (Å²) in [6.45, 7) is 14.8. The van der Waals surface area contributed by atoms with Crippen molar-refractivity contribution in [3.05, 3.63) is 11.6 Å². The average Bonchev–Trinajstić information content (AvgIpc) is 2.91. The first-order valence-corrected chi connectivity index (χ1v) is 8.46. The number of aromatic nitrogens is 1. The van der Waals surface area contributed by atoms with Gasteiger partial charge in [0.25, 0.3) is 0 Å². The van der Waals surface area contributed by atoms with Crippen molar-refractivity contribution in [2.24, 2.45) is 0 Å². The molecule has 0 unspecified atom stereocenters. The number of H-pyrrole nitrogens is 1. The van der Waals surface area contributed by atoms with Crippen LogP contribution in [-0.2, 0) is 18.6 Å². The predicted molar refractivity (Wildman–Crippen MR) is 92.1 cm³/mol. The molecule has 0 spiro atoms. The molecule has 2 aliphatic rings. The van der Waals surface area contributed by atoms with E-state index in [0.29, 0.717) is 0 Å². The van der Waals surface area contributed by atoms with Crippen LogP contribution in [0.2, 0.25) is 0 Å². The van der Waals surface area contributed by atoms with Crippen molar-refractivity contribution < 1.29 is 27.4 Å². The Labute approximate surface area is 148 Å². The highest BCUT2D eigenvalue weighted by Gasteiger charge is 2.56. The Morgan fingerprint density at radius 2 is 0.840 bits per heavy atom. The van der Waals surface area contributed by atoms with Gasteiger partial charge in [-0.05, 0) is 55.4 Å². The lowest BCUT2D eigenvalue weighted by Gasteiger charge is -2.32. The van der Waals surface area contributed by atoms with Crippen LogP contribution in [0, 0.1) is 11.6 Å². The van der Waals surface area contributed by atoms with E-state index >= 15 is 0 Å². The van der Waals surface area contributed by atoms with Gasteiger partial charge in [0.15, 0.2) is 11.6 Å². The smallest absolute Gasteiger partial charge is 0.398 e. The summed E-state index contributed by atoms with van der Waals surface area (Å²) in [5.74, 6) is -2.08. The molecule has 1 aromatic heterocycles. The highest BCUT2D eigenvalue weighted by atomic mass is 19.2. The Morgan fingerprint density at radius 1 is 0.600 bits per heavy atom. The molecule has 1 N–H and O–H groups in total. The van der Waals surface area contributed by atoms with Crippen LogP contribution in [0.1, 0.15) is 55.4 Å². The molecule has 2 saturated heterocycles. The summed E-state index contributed by atoms with van der Waals surface area (Å²) >= 11 is 0. The fourth-order valence-corrected chi connectivity index (χ4v) is 2.74. The normalized spacial score (nSPS) is 26.5. The standard InChI is InChI=1S/C16H25B2F2NO4/c1-13(2)14(3,4)23-17(22-13)11-9(19)10(20)12(21-11)18-24-15(5,6)16(7,8)25-18/h21H,1-8H3. The second-order valence-electron chi connectivity index (χ2n) is 8.76. The highest BCUT2D eigenvalue weighted by Crippen LogP contribution is 2.38. The highest BCUT2D eigenvalue weighted by molar-refractivity contribution is 6.64. The molecule has 2 aliphatic heterocycles. The van der Waals surface area contributed by atoms with Crippen LogP contribution < -0.4 is 11.2 Å². The number of hydrogen-bond donors (Lipinski definition) is 1. The predicted octanol–water partition coefficient (Wildman–Crippen LogP) is 1.89. The number of hydrogen-bond acceptors (Lipinski definition) is 4. The summed E-state index contributed by atoms with van der Waals surface area (Å²) in [7, 11) is -2.06. The zero-order chi connectivity index (χ0) is 19.0. The molecule has 3 heterocycles. The van der Waals surface area contributed by atoms with Crippen LogP contribution in [0.15, 0.2) is 0 Å². The van der Waals surface area contributed by atoms with E-state index in [1.54, 1.807) is 0 Å². The minimum Gasteiger partial charge on any atom is -0.398 e. The minimum absolute atomic E-state index is 0.0964. The molecule has 138 valence electrons. The molecule has 25 heavy (non-hydrogen) atoms. The quantitative estimate of drug-likeness (QED) is 0.824. The van der Waals surface area contributed by atoms with Gasteiger partial charge in [-0.25, -0.2) is 8.78 Å². The van der Waals surface area contributed by atoms with Crippen molar-refractivity contribution >= 4 is 25.4 Å². The summed E-state index contributed by atoms with van der Waals surface area (Å²) in [4.78, 5) is 2.73. The average molecular weight is 355 g/mol. The van der Waals surface area contributed by atoms with Gasteiger partial charge in [-0.1, -0.05) is 0 Å². The van der Waals surface area contributed by atoms with E-state index < -0.39 is 48.3 Å². The lowest BCUT2D eigenvalue weighted by Crippen LogP contribution is -2.41. The van der Waals surface area contributed by atoms with Gasteiger partial charge < -0.3 is 23.6 Å². The van der Waals surface area contributed by atoms with Gasteiger partial charge in [-0.3, -0.25) is 0 Å². The fraction of sp³-hybridized carbons (Fsp3) is 0.750. The molecule has 2 fully saturated rings. The third-order valence-electron chi connectivity index (χ3n) is 5.91. The molecular weight excluding hydrogens is 330 g/mol. The fourth-order valence-electron chi connectivity index (χ4n) is 2.74. The SMILES string of the molecule is CC1(C)OB(c2[nH]c(B3OC(C)(C)C(C)(C)O3)c(F)c2F)OC1(C)C. The van der Waals surface area contributed by atoms with Crippen molar-refractivity contribution in [1.29, 1.82) is 0 Å². The van der Waals surface area contributed by atoms with Crippen molar-refractivity contribution in [2.45, 2.75) is 77.8 Å². The molecule has 0 radical (unpaired) electrons. The van der Waals surface area contributed by atoms with Crippen LogP contribution >= 0.6 is 0 Å². The van der Waals surface area contributed by atoms with Gasteiger partial charge in [-0.15, -0.1) is 0 Å². The van der Waals surface area contributed by atoms with Crippen LogP contribution in [0.25, 0.3) is 0 Å². The first-order chi connectivity index (χ1) is 11.2. The molecule has 0 atom stereocenters. The molecule has 3 rings (SSSR count). The molecule has 0 aliphatic carbocycles. The summed E-state index contributed by atoms with van der Waals surface area (Å²) in [5, 5.41) is 0. The zero-order valence-electron chi connectivity index (χ0n) is 16.0. The van der Waals surface area contributed by atoms with Crippen LogP contribution in [0.4, 0.5) is 8.78 Å². The Bertz CT molecular complexity index is 614. The third kappa shape index (κ3) is 2.76. The van der Waals surface area contributed by atoms with Crippen LogP contribution in [0.3, 0.4) is 0 Å². The van der Waals surface area contributed by atoms with E-state index in [9.17, 15) is 8.78 Å². The number of halogens is 2. The molecule has 1 aromatic rings.